The zero-order chi connectivity index (χ0) is 16.5. The number of hydrogen-bond donors (Lipinski definition) is 2. The van der Waals surface area contributed by atoms with E-state index in [9.17, 15) is 9.50 Å². The predicted octanol–water partition coefficient (Wildman–Crippen LogP) is 3.09. The lowest BCUT2D eigenvalue weighted by Crippen LogP contribution is -2.25. The van der Waals surface area contributed by atoms with Crippen LogP contribution in [0.4, 0.5) is 4.39 Å². The molecular weight excluding hydrogens is 305 g/mol. The first-order valence-electron chi connectivity index (χ1n) is 8.04. The highest BCUT2D eigenvalue weighted by molar-refractivity contribution is 5.65. The van der Waals surface area contributed by atoms with Crippen LogP contribution in [-0.2, 0) is 19.5 Å². The summed E-state index contributed by atoms with van der Waals surface area (Å²) < 4.78 is 15.9. The Morgan fingerprint density at radius 1 is 1.12 bits per heavy atom. The maximum atomic E-state index is 14.0. The fourth-order valence-corrected chi connectivity index (χ4v) is 3.19. The fraction of sp³-hybridized carbons (Fsp3) is 0.211. The Bertz CT molecular complexity index is 871. The van der Waals surface area contributed by atoms with Crippen molar-refractivity contribution >= 4 is 0 Å². The third-order valence-electron chi connectivity index (χ3n) is 4.43. The van der Waals surface area contributed by atoms with Crippen molar-refractivity contribution in [2.45, 2.75) is 19.5 Å². The van der Waals surface area contributed by atoms with Crippen LogP contribution in [0.2, 0.25) is 0 Å². The summed E-state index contributed by atoms with van der Waals surface area (Å²) in [6.07, 6.45) is 0.870. The predicted molar refractivity (Wildman–Crippen MR) is 90.2 cm³/mol. The third kappa shape index (κ3) is 2.67. The zero-order valence-electron chi connectivity index (χ0n) is 13.2. The topological polar surface area (TPSA) is 50.1 Å². The molecule has 3 aromatic rings. The summed E-state index contributed by atoms with van der Waals surface area (Å²) in [5.74, 6) is 0.0263. The Labute approximate surface area is 139 Å². The monoisotopic (exact) mass is 323 g/mol. The molecule has 4 nitrogen and oxygen atoms in total. The molecule has 0 radical (unpaired) electrons. The van der Waals surface area contributed by atoms with Gasteiger partial charge in [-0.15, -0.1) is 0 Å². The van der Waals surface area contributed by atoms with Crippen molar-refractivity contribution in [1.82, 2.24) is 15.1 Å². The van der Waals surface area contributed by atoms with Gasteiger partial charge in [0.25, 0.3) is 0 Å². The van der Waals surface area contributed by atoms with Crippen molar-refractivity contribution in [1.29, 1.82) is 0 Å². The quantitative estimate of drug-likeness (QED) is 0.779. The molecule has 0 amide bonds. The second-order valence-corrected chi connectivity index (χ2v) is 6.00. The highest BCUT2D eigenvalue weighted by atomic mass is 19.1. The van der Waals surface area contributed by atoms with Gasteiger partial charge in [-0.2, -0.15) is 5.10 Å². The summed E-state index contributed by atoms with van der Waals surface area (Å²) in [7, 11) is 0. The van der Waals surface area contributed by atoms with Gasteiger partial charge in [0.05, 0.1) is 12.2 Å². The molecule has 24 heavy (non-hydrogen) atoms. The molecule has 0 fully saturated rings. The molecule has 0 saturated heterocycles. The molecule has 122 valence electrons. The number of aromatic hydroxyl groups is 1. The second-order valence-electron chi connectivity index (χ2n) is 6.00. The molecule has 2 heterocycles. The Morgan fingerprint density at radius 2 is 1.92 bits per heavy atom. The number of nitrogens with zero attached hydrogens (tertiary/aromatic N) is 2. The molecule has 0 saturated carbocycles. The SMILES string of the molecule is Oc1ccc(-c2nn(Cc3ccccc3F)c3c2CNCC3)cc1. The molecular formula is C19H18FN3O. The van der Waals surface area contributed by atoms with Crippen LogP contribution in [0.15, 0.2) is 48.5 Å². The van der Waals surface area contributed by atoms with E-state index in [1.807, 2.05) is 22.9 Å². The van der Waals surface area contributed by atoms with E-state index < -0.39 is 0 Å². The highest BCUT2D eigenvalue weighted by Gasteiger charge is 2.22. The van der Waals surface area contributed by atoms with Gasteiger partial charge in [0.15, 0.2) is 0 Å². The normalized spacial score (nSPS) is 13.7. The second kappa shape index (κ2) is 6.09. The number of rotatable bonds is 3. The first kappa shape index (κ1) is 14.9. The van der Waals surface area contributed by atoms with E-state index in [0.717, 1.165) is 42.0 Å². The minimum absolute atomic E-state index is 0.207. The van der Waals surface area contributed by atoms with Crippen molar-refractivity contribution < 1.29 is 9.50 Å². The molecule has 0 atom stereocenters. The lowest BCUT2D eigenvalue weighted by molar-refractivity contribution is 0.475. The largest absolute Gasteiger partial charge is 0.508 e. The van der Waals surface area contributed by atoms with Crippen LogP contribution >= 0.6 is 0 Å². The molecule has 5 heteroatoms. The van der Waals surface area contributed by atoms with Crippen molar-refractivity contribution in [2.24, 2.45) is 0 Å². The molecule has 2 aromatic carbocycles. The molecule has 0 unspecified atom stereocenters. The van der Waals surface area contributed by atoms with E-state index >= 15 is 0 Å². The molecule has 2 N–H and O–H groups in total. The lowest BCUT2D eigenvalue weighted by atomic mass is 10.0. The molecule has 1 aliphatic rings. The lowest BCUT2D eigenvalue weighted by Gasteiger charge is -2.16. The summed E-state index contributed by atoms with van der Waals surface area (Å²) in [5, 5.41) is 17.6. The van der Waals surface area contributed by atoms with E-state index in [1.54, 1.807) is 24.3 Å². The van der Waals surface area contributed by atoms with Crippen molar-refractivity contribution in [3.05, 3.63) is 71.2 Å². The molecule has 0 bridgehead atoms. The maximum absolute atomic E-state index is 14.0. The average molecular weight is 323 g/mol. The van der Waals surface area contributed by atoms with Gasteiger partial charge >= 0.3 is 0 Å². The molecule has 0 aliphatic carbocycles. The van der Waals surface area contributed by atoms with Gasteiger partial charge in [-0.1, -0.05) is 18.2 Å². The number of benzene rings is 2. The van der Waals surface area contributed by atoms with E-state index in [-0.39, 0.29) is 11.6 Å². The van der Waals surface area contributed by atoms with Crippen LogP contribution in [0, 0.1) is 5.82 Å². The van der Waals surface area contributed by atoms with Crippen LogP contribution in [0.3, 0.4) is 0 Å². The minimum Gasteiger partial charge on any atom is -0.508 e. The Kier molecular flexibility index (Phi) is 3.78. The van der Waals surface area contributed by atoms with Gasteiger partial charge < -0.3 is 10.4 Å². The van der Waals surface area contributed by atoms with Gasteiger partial charge in [0.1, 0.15) is 11.6 Å². The fourth-order valence-electron chi connectivity index (χ4n) is 3.19. The first-order chi connectivity index (χ1) is 11.7. The van der Waals surface area contributed by atoms with Gasteiger partial charge in [-0.3, -0.25) is 4.68 Å². The average Bonchev–Trinajstić information content (AvgIpc) is 2.97. The van der Waals surface area contributed by atoms with Gasteiger partial charge in [-0.25, -0.2) is 4.39 Å². The van der Waals surface area contributed by atoms with Gasteiger partial charge in [0, 0.05) is 41.9 Å². The minimum atomic E-state index is -0.207. The van der Waals surface area contributed by atoms with Crippen molar-refractivity contribution in [2.75, 3.05) is 6.54 Å². The smallest absolute Gasteiger partial charge is 0.128 e. The number of nitrogens with one attached hydrogen (secondary N) is 1. The molecule has 1 aromatic heterocycles. The molecule has 1 aliphatic heterocycles. The Hall–Kier alpha value is -2.66. The summed E-state index contributed by atoms with van der Waals surface area (Å²) in [5.41, 5.74) is 4.80. The number of hydrogen-bond acceptors (Lipinski definition) is 3. The van der Waals surface area contributed by atoms with Gasteiger partial charge in [-0.05, 0) is 30.3 Å². The van der Waals surface area contributed by atoms with Crippen LogP contribution in [0.1, 0.15) is 16.8 Å². The number of fused-ring (bicyclic) bond motifs is 1. The molecule has 4 rings (SSSR count). The van der Waals surface area contributed by atoms with E-state index in [2.05, 4.69) is 5.32 Å². The summed E-state index contributed by atoms with van der Waals surface area (Å²) in [4.78, 5) is 0. The number of aromatic nitrogens is 2. The van der Waals surface area contributed by atoms with Crippen LogP contribution in [0.5, 0.6) is 5.75 Å². The summed E-state index contributed by atoms with van der Waals surface area (Å²) in [6, 6.07) is 13.9. The van der Waals surface area contributed by atoms with Crippen LogP contribution in [-0.4, -0.2) is 21.4 Å². The number of phenolic OH excluding ortho intramolecular Hbond substituents is 1. The molecule has 0 spiro atoms. The Morgan fingerprint density at radius 3 is 2.71 bits per heavy atom. The third-order valence-corrected chi connectivity index (χ3v) is 4.43. The maximum Gasteiger partial charge on any atom is 0.128 e. The summed E-state index contributed by atoms with van der Waals surface area (Å²) >= 11 is 0. The van der Waals surface area contributed by atoms with E-state index in [1.165, 1.54) is 6.07 Å². The number of halogens is 1. The summed E-state index contributed by atoms with van der Waals surface area (Å²) in [6.45, 7) is 2.07. The van der Waals surface area contributed by atoms with Crippen LogP contribution in [0.25, 0.3) is 11.3 Å². The van der Waals surface area contributed by atoms with E-state index in [4.69, 9.17) is 5.10 Å². The zero-order valence-corrected chi connectivity index (χ0v) is 13.2. The van der Waals surface area contributed by atoms with Gasteiger partial charge in [0.2, 0.25) is 0 Å². The first-order valence-corrected chi connectivity index (χ1v) is 8.04. The van der Waals surface area contributed by atoms with E-state index in [0.29, 0.717) is 12.1 Å². The van der Waals surface area contributed by atoms with Crippen molar-refractivity contribution in [3.63, 3.8) is 0 Å². The Balaban J connectivity index is 1.78. The number of phenols is 1. The van der Waals surface area contributed by atoms with Crippen molar-refractivity contribution in [3.8, 4) is 17.0 Å². The highest BCUT2D eigenvalue weighted by Crippen LogP contribution is 2.29. The standard InChI is InChI=1S/C19H18FN3O/c20-17-4-2-1-3-14(17)12-23-18-9-10-21-11-16(18)19(22-23)13-5-7-15(24)8-6-13/h1-8,21,24H,9-12H2. The van der Waals surface area contributed by atoms with Crippen LogP contribution < -0.4 is 5.32 Å².